The molecule has 0 fully saturated rings. The molecule has 0 heterocycles. The molecule has 0 aromatic heterocycles. The van der Waals surface area contributed by atoms with Gasteiger partial charge in [0.1, 0.15) is 5.78 Å². The van der Waals surface area contributed by atoms with E-state index < -0.39 is 23.2 Å². The van der Waals surface area contributed by atoms with Gasteiger partial charge < -0.3 is 9.05 Å². The lowest BCUT2D eigenvalue weighted by molar-refractivity contribution is -0.385. The number of hydrogen-bond donors (Lipinski definition) is 1. The molecule has 1 N–H and O–H groups in total. The van der Waals surface area contributed by atoms with Crippen molar-refractivity contribution in [2.75, 3.05) is 0 Å². The molecule has 4 aromatic rings. The Hall–Kier alpha value is -4.21. The van der Waals surface area contributed by atoms with Crippen molar-refractivity contribution in [1.29, 1.82) is 0 Å². The van der Waals surface area contributed by atoms with Gasteiger partial charge in [0, 0.05) is 18.7 Å². The first-order valence-electron chi connectivity index (χ1n) is 12.4. The van der Waals surface area contributed by atoms with Gasteiger partial charge >= 0.3 is 7.60 Å². The number of para-hydroxylation sites is 2. The van der Waals surface area contributed by atoms with E-state index in [1.54, 1.807) is 24.3 Å². The third-order valence-electron chi connectivity index (χ3n) is 6.32. The van der Waals surface area contributed by atoms with E-state index in [1.165, 1.54) is 36.4 Å². The molecule has 0 amide bonds. The number of nitrogens with zero attached hydrogens (tertiary/aromatic N) is 2. The van der Waals surface area contributed by atoms with Gasteiger partial charge in [0.25, 0.3) is 11.4 Å². The van der Waals surface area contributed by atoms with Crippen molar-refractivity contribution in [2.24, 2.45) is 0 Å². The van der Waals surface area contributed by atoms with E-state index in [0.29, 0.717) is 12.1 Å². The molecule has 0 radical (unpaired) electrons. The van der Waals surface area contributed by atoms with Crippen molar-refractivity contribution in [3.05, 3.63) is 151 Å². The number of hydrogen-bond acceptors (Lipinski definition) is 8. The maximum atomic E-state index is 14.7. The van der Waals surface area contributed by atoms with Crippen LogP contribution < -0.4 is 5.32 Å². The Labute approximate surface area is 231 Å². The number of benzene rings is 4. The highest BCUT2D eigenvalue weighted by atomic mass is 31.2. The molecule has 10 nitrogen and oxygen atoms in total. The topological polar surface area (TPSA) is 134 Å². The lowest BCUT2D eigenvalue weighted by atomic mass is 10.1. The van der Waals surface area contributed by atoms with Crippen LogP contribution in [0.1, 0.15) is 33.6 Å². The molecule has 0 aliphatic carbocycles. The molecular weight excluding hydrogens is 533 g/mol. The van der Waals surface area contributed by atoms with E-state index in [2.05, 4.69) is 5.32 Å². The Balaban J connectivity index is 1.74. The smallest absolute Gasteiger partial charge is 0.302 e. The summed E-state index contributed by atoms with van der Waals surface area (Å²) >= 11 is 0. The quantitative estimate of drug-likeness (QED) is 0.103. The zero-order chi connectivity index (χ0) is 28.5. The standard InChI is InChI=1S/C29H28N3O7P/c1-22-11-5-8-16-26(22)29(30-19-23-12-3-2-4-13-23)40(37,38-20-24-14-6-9-17-27(24)31(33)34)39-21-25-15-7-10-18-28(25)32(35)36/h2-18,29-30H,19-21H2,1H3/t29-/m0/s1. The summed E-state index contributed by atoms with van der Waals surface area (Å²) in [6.07, 6.45) is 0. The molecule has 0 bridgehead atoms. The Bertz CT molecular complexity index is 1470. The van der Waals surface area contributed by atoms with E-state index >= 15 is 0 Å². The van der Waals surface area contributed by atoms with Crippen molar-refractivity contribution in [3.8, 4) is 0 Å². The average molecular weight is 562 g/mol. The van der Waals surface area contributed by atoms with Crippen molar-refractivity contribution >= 4 is 19.0 Å². The highest BCUT2D eigenvalue weighted by Gasteiger charge is 2.39. The zero-order valence-corrected chi connectivity index (χ0v) is 22.6. The predicted molar refractivity (Wildman–Crippen MR) is 151 cm³/mol. The molecule has 0 spiro atoms. The summed E-state index contributed by atoms with van der Waals surface area (Å²) in [6.45, 7) is 1.43. The van der Waals surface area contributed by atoms with Crippen molar-refractivity contribution in [3.63, 3.8) is 0 Å². The van der Waals surface area contributed by atoms with Gasteiger partial charge in [0.15, 0.2) is 0 Å². The first kappa shape index (κ1) is 28.8. The van der Waals surface area contributed by atoms with Crippen molar-refractivity contribution < 1.29 is 23.5 Å². The second kappa shape index (κ2) is 13.2. The SMILES string of the molecule is Cc1ccccc1[C@@H](NCc1ccccc1)P(=O)(OCc1ccccc1[N+](=O)[O-])OCc1ccccc1[N+](=O)[O-]. The van der Waals surface area contributed by atoms with Gasteiger partial charge in [-0.25, -0.2) is 0 Å². The Kier molecular flexibility index (Phi) is 9.52. The van der Waals surface area contributed by atoms with E-state index in [9.17, 15) is 24.8 Å². The highest BCUT2D eigenvalue weighted by molar-refractivity contribution is 7.54. The maximum Gasteiger partial charge on any atom is 0.352 e. The average Bonchev–Trinajstić information content (AvgIpc) is 2.97. The minimum Gasteiger partial charge on any atom is -0.302 e. The summed E-state index contributed by atoms with van der Waals surface area (Å²) in [5.74, 6) is -0.987. The fourth-order valence-corrected chi connectivity index (χ4v) is 6.18. The minimum atomic E-state index is -4.20. The molecule has 0 aliphatic rings. The van der Waals surface area contributed by atoms with Gasteiger partial charge in [0.05, 0.1) is 34.2 Å². The first-order valence-corrected chi connectivity index (χ1v) is 14.1. The van der Waals surface area contributed by atoms with Crippen molar-refractivity contribution in [2.45, 2.75) is 32.5 Å². The normalized spacial score (nSPS) is 12.1. The summed E-state index contributed by atoms with van der Waals surface area (Å²) in [5, 5.41) is 26.5. The second-order valence-electron chi connectivity index (χ2n) is 8.98. The zero-order valence-electron chi connectivity index (χ0n) is 21.7. The van der Waals surface area contributed by atoms with E-state index in [1.807, 2.05) is 49.4 Å². The Morgan fingerprint density at radius 3 is 1.73 bits per heavy atom. The van der Waals surface area contributed by atoms with E-state index in [0.717, 1.165) is 11.1 Å². The molecule has 0 saturated carbocycles. The molecule has 4 rings (SSSR count). The first-order chi connectivity index (χ1) is 19.3. The number of nitro groups is 2. The van der Waals surface area contributed by atoms with Crippen LogP contribution in [0.4, 0.5) is 11.4 Å². The molecule has 4 aromatic carbocycles. The van der Waals surface area contributed by atoms with Gasteiger partial charge in [0.2, 0.25) is 0 Å². The molecule has 40 heavy (non-hydrogen) atoms. The lowest BCUT2D eigenvalue weighted by Gasteiger charge is -2.29. The molecule has 0 aliphatic heterocycles. The van der Waals surface area contributed by atoms with Crippen LogP contribution in [0, 0.1) is 27.2 Å². The fraction of sp³-hybridized carbons (Fsp3) is 0.172. The van der Waals surface area contributed by atoms with Crippen LogP contribution in [0.2, 0.25) is 0 Å². The van der Waals surface area contributed by atoms with Crippen molar-refractivity contribution in [1.82, 2.24) is 5.32 Å². The van der Waals surface area contributed by atoms with Gasteiger partial charge in [-0.2, -0.15) is 0 Å². The second-order valence-corrected chi connectivity index (χ2v) is 11.1. The van der Waals surface area contributed by atoms with Gasteiger partial charge in [-0.3, -0.25) is 30.1 Å². The van der Waals surface area contributed by atoms with Crippen LogP contribution in [0.15, 0.2) is 103 Å². The maximum absolute atomic E-state index is 14.7. The predicted octanol–water partition coefficient (Wildman–Crippen LogP) is 7.23. The molecule has 206 valence electrons. The summed E-state index contributed by atoms with van der Waals surface area (Å²) in [4.78, 5) is 22.1. The third kappa shape index (κ3) is 7.05. The number of aryl methyl sites for hydroxylation is 1. The number of nitrogens with one attached hydrogen (secondary N) is 1. The molecule has 0 saturated heterocycles. The number of rotatable bonds is 13. The molecule has 0 unspecified atom stereocenters. The van der Waals surface area contributed by atoms with E-state index in [-0.39, 0.29) is 35.7 Å². The van der Waals surface area contributed by atoms with Crippen LogP contribution in [-0.2, 0) is 33.4 Å². The molecule has 11 heteroatoms. The van der Waals surface area contributed by atoms with Gasteiger partial charge in [-0.1, -0.05) is 78.9 Å². The third-order valence-corrected chi connectivity index (χ3v) is 8.39. The van der Waals surface area contributed by atoms with Crippen LogP contribution in [0.3, 0.4) is 0 Å². The monoisotopic (exact) mass is 561 g/mol. The minimum absolute atomic E-state index is 0.183. The summed E-state index contributed by atoms with van der Waals surface area (Å²) in [6, 6.07) is 28.8. The van der Waals surface area contributed by atoms with Gasteiger partial charge in [-0.05, 0) is 35.7 Å². The van der Waals surface area contributed by atoms with Crippen LogP contribution in [-0.4, -0.2) is 9.85 Å². The summed E-state index contributed by atoms with van der Waals surface area (Å²) in [7, 11) is -4.20. The highest BCUT2D eigenvalue weighted by Crippen LogP contribution is 2.61. The largest absolute Gasteiger partial charge is 0.352 e. The van der Waals surface area contributed by atoms with Gasteiger partial charge in [-0.15, -0.1) is 0 Å². The summed E-state index contributed by atoms with van der Waals surface area (Å²) in [5.41, 5.74) is 2.45. The Morgan fingerprint density at radius 1 is 0.725 bits per heavy atom. The van der Waals surface area contributed by atoms with Crippen LogP contribution in [0.5, 0.6) is 0 Å². The fourth-order valence-electron chi connectivity index (χ4n) is 4.22. The van der Waals surface area contributed by atoms with Crippen LogP contribution in [0.25, 0.3) is 0 Å². The lowest BCUT2D eigenvalue weighted by Crippen LogP contribution is -2.24. The summed E-state index contributed by atoms with van der Waals surface area (Å²) < 4.78 is 26.7. The molecular formula is C29H28N3O7P. The van der Waals surface area contributed by atoms with E-state index in [4.69, 9.17) is 9.05 Å². The Morgan fingerprint density at radius 2 is 1.20 bits per heavy atom. The van der Waals surface area contributed by atoms with Crippen LogP contribution >= 0.6 is 7.60 Å². The molecule has 1 atom stereocenters. The number of nitro benzene ring substituents is 2.